The Morgan fingerprint density at radius 1 is 0.909 bits per heavy atom. The topological polar surface area (TPSA) is 40.5 Å². The van der Waals surface area contributed by atoms with Crippen molar-refractivity contribution in [1.82, 2.24) is 0 Å². The lowest BCUT2D eigenvalue weighted by Gasteiger charge is -2.57. The van der Waals surface area contributed by atoms with Gasteiger partial charge in [0.2, 0.25) is 0 Å². The van der Waals surface area contributed by atoms with Gasteiger partial charge in [-0.1, -0.05) is 26.8 Å². The van der Waals surface area contributed by atoms with E-state index in [1.165, 1.54) is 19.3 Å². The first-order valence-corrected chi connectivity index (χ1v) is 8.84. The minimum absolute atomic E-state index is 0.0319. The molecule has 0 saturated heterocycles. The lowest BCUT2D eigenvalue weighted by Crippen LogP contribution is -2.48. The van der Waals surface area contributed by atoms with Crippen LogP contribution in [-0.2, 0) is 10.8 Å². The van der Waals surface area contributed by atoms with E-state index in [1.807, 2.05) is 12.1 Å². The van der Waals surface area contributed by atoms with E-state index in [0.717, 1.165) is 48.1 Å². The molecule has 5 rings (SSSR count). The van der Waals surface area contributed by atoms with Gasteiger partial charge in [-0.15, -0.1) is 0 Å². The molecule has 2 nitrogen and oxygen atoms in total. The normalized spacial score (nSPS) is 36.8. The summed E-state index contributed by atoms with van der Waals surface area (Å²) < 4.78 is 0. The zero-order valence-electron chi connectivity index (χ0n) is 14.0. The monoisotopic (exact) mass is 300 g/mol. The van der Waals surface area contributed by atoms with Crippen LogP contribution in [0.2, 0.25) is 0 Å². The first-order valence-electron chi connectivity index (χ1n) is 8.84. The molecule has 4 fully saturated rings. The zero-order chi connectivity index (χ0) is 15.7. The fraction of sp³-hybridized carbons (Fsp3) is 0.700. The summed E-state index contributed by atoms with van der Waals surface area (Å²) in [6.45, 7) is 6.38. The van der Waals surface area contributed by atoms with Gasteiger partial charge in [0.1, 0.15) is 11.5 Å². The van der Waals surface area contributed by atoms with Gasteiger partial charge >= 0.3 is 0 Å². The molecule has 2 N–H and O–H groups in total. The Morgan fingerprint density at radius 3 is 1.86 bits per heavy atom. The molecule has 4 aliphatic carbocycles. The van der Waals surface area contributed by atoms with E-state index in [4.69, 9.17) is 0 Å². The van der Waals surface area contributed by atoms with E-state index in [2.05, 4.69) is 20.8 Å². The first-order chi connectivity index (χ1) is 10.3. The van der Waals surface area contributed by atoms with Crippen LogP contribution >= 0.6 is 0 Å². The summed E-state index contributed by atoms with van der Waals surface area (Å²) in [7, 11) is 0. The summed E-state index contributed by atoms with van der Waals surface area (Å²) in [6, 6.07) is 3.71. The molecule has 2 heteroatoms. The molecule has 0 atom stereocenters. The highest BCUT2D eigenvalue weighted by Gasteiger charge is 2.53. The molecule has 0 heterocycles. The van der Waals surface area contributed by atoms with Crippen LogP contribution in [0.5, 0.6) is 11.5 Å². The molecule has 22 heavy (non-hydrogen) atoms. The van der Waals surface area contributed by atoms with Gasteiger partial charge in [0.05, 0.1) is 0 Å². The Kier molecular flexibility index (Phi) is 2.90. The summed E-state index contributed by atoms with van der Waals surface area (Å²) in [5, 5.41) is 21.6. The van der Waals surface area contributed by atoms with Gasteiger partial charge in [0.15, 0.2) is 0 Å². The SMILES string of the molecule is CC(C)(C)c1ccc(O)c(C23CC4CC(CC(C4)C2)C3)c1O. The van der Waals surface area contributed by atoms with Crippen molar-refractivity contribution in [3.63, 3.8) is 0 Å². The van der Waals surface area contributed by atoms with Crippen molar-refractivity contribution in [2.45, 2.75) is 70.1 Å². The van der Waals surface area contributed by atoms with Gasteiger partial charge in [-0.2, -0.15) is 0 Å². The third-order valence-electron chi connectivity index (χ3n) is 6.53. The van der Waals surface area contributed by atoms with Crippen molar-refractivity contribution in [3.8, 4) is 11.5 Å². The predicted molar refractivity (Wildman–Crippen MR) is 88.3 cm³/mol. The maximum atomic E-state index is 11.0. The highest BCUT2D eigenvalue weighted by molar-refractivity contribution is 5.55. The van der Waals surface area contributed by atoms with Crippen LogP contribution in [0.3, 0.4) is 0 Å². The van der Waals surface area contributed by atoms with Gasteiger partial charge in [-0.25, -0.2) is 0 Å². The smallest absolute Gasteiger partial charge is 0.126 e. The Labute approximate surface area is 133 Å². The summed E-state index contributed by atoms with van der Waals surface area (Å²) in [4.78, 5) is 0. The summed E-state index contributed by atoms with van der Waals surface area (Å²) in [6.07, 6.45) is 7.61. The molecule has 1 aromatic carbocycles. The van der Waals surface area contributed by atoms with Crippen LogP contribution in [0.4, 0.5) is 0 Å². The standard InChI is InChI=1S/C20H28O2/c1-19(2,3)15-4-5-16(21)17(18(15)22)20-9-12-6-13(10-20)8-14(7-12)11-20/h4-5,12-14,21-22H,6-11H2,1-3H3. The van der Waals surface area contributed by atoms with Crippen LogP contribution in [0.25, 0.3) is 0 Å². The van der Waals surface area contributed by atoms with Crippen molar-refractivity contribution >= 4 is 0 Å². The van der Waals surface area contributed by atoms with Crippen LogP contribution in [0.1, 0.15) is 70.4 Å². The third-order valence-corrected chi connectivity index (χ3v) is 6.53. The summed E-state index contributed by atoms with van der Waals surface area (Å²) in [5.41, 5.74) is 1.77. The van der Waals surface area contributed by atoms with Gasteiger partial charge < -0.3 is 10.2 Å². The van der Waals surface area contributed by atoms with E-state index < -0.39 is 0 Å². The highest BCUT2D eigenvalue weighted by Crippen LogP contribution is 2.63. The van der Waals surface area contributed by atoms with Crippen LogP contribution in [-0.4, -0.2) is 10.2 Å². The number of aromatic hydroxyl groups is 2. The first kappa shape index (κ1) is 14.4. The molecule has 0 unspecified atom stereocenters. The maximum Gasteiger partial charge on any atom is 0.126 e. The average Bonchev–Trinajstić information content (AvgIpc) is 2.34. The third kappa shape index (κ3) is 1.99. The van der Waals surface area contributed by atoms with Crippen molar-refractivity contribution < 1.29 is 10.2 Å². The molecule has 120 valence electrons. The number of rotatable bonds is 1. The molecular weight excluding hydrogens is 272 g/mol. The van der Waals surface area contributed by atoms with Gasteiger partial charge in [0, 0.05) is 11.0 Å². The zero-order valence-corrected chi connectivity index (χ0v) is 14.0. The number of phenols is 2. The lowest BCUT2D eigenvalue weighted by molar-refractivity contribution is -0.00720. The molecule has 0 radical (unpaired) electrons. The number of phenolic OH excluding ortho intramolecular Hbond substituents is 2. The minimum Gasteiger partial charge on any atom is -0.508 e. The Hall–Kier alpha value is -1.18. The van der Waals surface area contributed by atoms with Crippen LogP contribution in [0, 0.1) is 17.8 Å². The summed E-state index contributed by atoms with van der Waals surface area (Å²) in [5.74, 6) is 3.11. The second-order valence-corrected chi connectivity index (χ2v) is 9.30. The molecule has 4 aliphatic rings. The Balaban J connectivity index is 1.86. The van der Waals surface area contributed by atoms with E-state index >= 15 is 0 Å². The largest absolute Gasteiger partial charge is 0.508 e. The van der Waals surface area contributed by atoms with E-state index in [0.29, 0.717) is 11.5 Å². The van der Waals surface area contributed by atoms with Gasteiger partial charge in [-0.05, 0) is 73.3 Å². The van der Waals surface area contributed by atoms with E-state index in [-0.39, 0.29) is 10.8 Å². The van der Waals surface area contributed by atoms with E-state index in [9.17, 15) is 10.2 Å². The molecule has 4 saturated carbocycles. The van der Waals surface area contributed by atoms with Crippen molar-refractivity contribution in [1.29, 1.82) is 0 Å². The van der Waals surface area contributed by atoms with Gasteiger partial charge in [0.25, 0.3) is 0 Å². The molecule has 0 aliphatic heterocycles. The number of benzene rings is 1. The van der Waals surface area contributed by atoms with E-state index in [1.54, 1.807) is 0 Å². The van der Waals surface area contributed by atoms with Crippen molar-refractivity contribution in [2.75, 3.05) is 0 Å². The van der Waals surface area contributed by atoms with Crippen LogP contribution < -0.4 is 0 Å². The molecule has 0 aromatic heterocycles. The molecule has 0 amide bonds. The molecule has 0 spiro atoms. The van der Waals surface area contributed by atoms with Crippen molar-refractivity contribution in [2.24, 2.45) is 17.8 Å². The quantitative estimate of drug-likeness (QED) is 0.777. The summed E-state index contributed by atoms with van der Waals surface area (Å²) >= 11 is 0. The molecule has 4 bridgehead atoms. The Morgan fingerprint density at radius 2 is 1.41 bits per heavy atom. The number of hydrogen-bond donors (Lipinski definition) is 2. The lowest BCUT2D eigenvalue weighted by atomic mass is 9.47. The highest BCUT2D eigenvalue weighted by atomic mass is 16.3. The average molecular weight is 300 g/mol. The Bertz CT molecular complexity index is 574. The second-order valence-electron chi connectivity index (χ2n) is 9.30. The molecular formula is C20H28O2. The van der Waals surface area contributed by atoms with Gasteiger partial charge in [-0.3, -0.25) is 0 Å². The fourth-order valence-corrected chi connectivity index (χ4v) is 6.13. The minimum atomic E-state index is -0.102. The number of hydrogen-bond acceptors (Lipinski definition) is 2. The molecule has 1 aromatic rings. The van der Waals surface area contributed by atoms with Crippen LogP contribution in [0.15, 0.2) is 12.1 Å². The second kappa shape index (κ2) is 4.43. The predicted octanol–water partition coefficient (Wildman–Crippen LogP) is 4.86. The fourth-order valence-electron chi connectivity index (χ4n) is 6.13. The maximum absolute atomic E-state index is 11.0. The van der Waals surface area contributed by atoms with Crippen molar-refractivity contribution in [3.05, 3.63) is 23.3 Å².